The van der Waals surface area contributed by atoms with Crippen LogP contribution < -0.4 is 11.1 Å². The zero-order valence-corrected chi connectivity index (χ0v) is 12.3. The first-order valence-electron chi connectivity index (χ1n) is 6.13. The van der Waals surface area contributed by atoms with Gasteiger partial charge >= 0.3 is 17.1 Å². The summed E-state index contributed by atoms with van der Waals surface area (Å²) in [5.41, 5.74) is -1.39. The van der Waals surface area contributed by atoms with Crippen molar-refractivity contribution in [2.45, 2.75) is 13.0 Å². The van der Waals surface area contributed by atoms with E-state index in [2.05, 4.69) is 4.98 Å². The number of para-hydroxylation sites is 1. The molecule has 2 atom stereocenters. The number of nitrogens with one attached hydrogen (secondary N) is 1. The molecule has 1 aromatic heterocycles. The maximum absolute atomic E-state index is 12.1. The highest BCUT2D eigenvalue weighted by atomic mass is 32.2. The van der Waals surface area contributed by atoms with Crippen molar-refractivity contribution in [1.82, 2.24) is 9.55 Å². The van der Waals surface area contributed by atoms with Crippen LogP contribution in [0.3, 0.4) is 0 Å². The van der Waals surface area contributed by atoms with Gasteiger partial charge in [0.2, 0.25) is 0 Å². The van der Waals surface area contributed by atoms with Gasteiger partial charge < -0.3 is 10.1 Å². The SMILES string of the molecule is CC(CS(C)=O)n1c(=O)c(=O)[nH]c2c(C(=O)O)cccc21. The molecule has 21 heavy (non-hydrogen) atoms. The van der Waals surface area contributed by atoms with E-state index in [1.165, 1.54) is 23.0 Å². The molecule has 0 bridgehead atoms. The van der Waals surface area contributed by atoms with E-state index in [4.69, 9.17) is 5.11 Å². The molecule has 0 saturated carbocycles. The van der Waals surface area contributed by atoms with E-state index < -0.39 is 33.9 Å². The first-order chi connectivity index (χ1) is 9.82. The molecule has 2 aromatic rings. The van der Waals surface area contributed by atoms with Crippen LogP contribution in [0.1, 0.15) is 23.3 Å². The molecule has 2 unspecified atom stereocenters. The van der Waals surface area contributed by atoms with Crippen LogP contribution in [0.2, 0.25) is 0 Å². The number of aromatic amines is 1. The van der Waals surface area contributed by atoms with Gasteiger partial charge in [-0.05, 0) is 19.1 Å². The largest absolute Gasteiger partial charge is 0.478 e. The van der Waals surface area contributed by atoms with Crippen molar-refractivity contribution in [3.05, 3.63) is 44.5 Å². The second-order valence-corrected chi connectivity index (χ2v) is 6.20. The average molecular weight is 310 g/mol. The third-order valence-corrected chi connectivity index (χ3v) is 4.05. The van der Waals surface area contributed by atoms with Gasteiger partial charge in [-0.3, -0.25) is 18.4 Å². The first kappa shape index (κ1) is 15.2. The van der Waals surface area contributed by atoms with E-state index in [1.54, 1.807) is 13.0 Å². The Labute approximate surface area is 121 Å². The summed E-state index contributed by atoms with van der Waals surface area (Å²) in [4.78, 5) is 37.3. The van der Waals surface area contributed by atoms with Crippen LogP contribution in [0.4, 0.5) is 0 Å². The van der Waals surface area contributed by atoms with Gasteiger partial charge in [0.15, 0.2) is 0 Å². The maximum atomic E-state index is 12.1. The van der Waals surface area contributed by atoms with Gasteiger partial charge in [-0.15, -0.1) is 0 Å². The fourth-order valence-corrected chi connectivity index (χ4v) is 3.12. The molecule has 7 nitrogen and oxygen atoms in total. The minimum absolute atomic E-state index is 0.0864. The molecule has 2 N–H and O–H groups in total. The number of aromatic carboxylic acids is 1. The lowest BCUT2D eigenvalue weighted by Crippen LogP contribution is -2.39. The van der Waals surface area contributed by atoms with Gasteiger partial charge in [-0.2, -0.15) is 0 Å². The Bertz CT molecular complexity index is 852. The van der Waals surface area contributed by atoms with E-state index in [0.717, 1.165) is 0 Å². The highest BCUT2D eigenvalue weighted by Crippen LogP contribution is 2.17. The van der Waals surface area contributed by atoms with Gasteiger partial charge in [0, 0.05) is 28.9 Å². The van der Waals surface area contributed by atoms with Gasteiger partial charge in [-0.1, -0.05) is 6.07 Å². The van der Waals surface area contributed by atoms with Crippen molar-refractivity contribution in [2.24, 2.45) is 0 Å². The van der Waals surface area contributed by atoms with Gasteiger partial charge in [0.25, 0.3) is 0 Å². The van der Waals surface area contributed by atoms with Crippen LogP contribution in [-0.2, 0) is 10.8 Å². The Kier molecular flexibility index (Phi) is 4.08. The molecule has 1 heterocycles. The summed E-state index contributed by atoms with van der Waals surface area (Å²) in [6.45, 7) is 1.66. The van der Waals surface area contributed by atoms with Crippen LogP contribution in [0.5, 0.6) is 0 Å². The smallest absolute Gasteiger partial charge is 0.337 e. The lowest BCUT2D eigenvalue weighted by atomic mass is 10.1. The highest BCUT2D eigenvalue weighted by Gasteiger charge is 2.18. The summed E-state index contributed by atoms with van der Waals surface area (Å²) in [5, 5.41) is 9.16. The molecule has 0 radical (unpaired) electrons. The number of H-pyrrole nitrogens is 1. The summed E-state index contributed by atoms with van der Waals surface area (Å²) < 4.78 is 12.5. The van der Waals surface area contributed by atoms with Gasteiger partial charge in [0.1, 0.15) is 0 Å². The molecule has 1 aromatic carbocycles. The molecule has 0 aliphatic heterocycles. The van der Waals surface area contributed by atoms with E-state index in [1.807, 2.05) is 0 Å². The number of fused-ring (bicyclic) bond motifs is 1. The molecule has 0 fully saturated rings. The molecule has 112 valence electrons. The quantitative estimate of drug-likeness (QED) is 0.791. The highest BCUT2D eigenvalue weighted by molar-refractivity contribution is 7.84. The number of nitrogens with zero attached hydrogens (tertiary/aromatic N) is 1. The maximum Gasteiger partial charge on any atom is 0.337 e. The Morgan fingerprint density at radius 1 is 1.43 bits per heavy atom. The van der Waals surface area contributed by atoms with E-state index in [0.29, 0.717) is 5.52 Å². The number of carboxylic acid groups (broad SMARTS) is 1. The van der Waals surface area contributed by atoms with Crippen molar-refractivity contribution in [3.63, 3.8) is 0 Å². The predicted molar refractivity (Wildman–Crippen MR) is 79.4 cm³/mol. The lowest BCUT2D eigenvalue weighted by Gasteiger charge is -2.16. The second kappa shape index (κ2) is 5.65. The third-order valence-electron chi connectivity index (χ3n) is 3.10. The summed E-state index contributed by atoms with van der Waals surface area (Å²) in [6.07, 6.45) is 1.50. The third kappa shape index (κ3) is 2.80. The Morgan fingerprint density at radius 3 is 2.67 bits per heavy atom. The summed E-state index contributed by atoms with van der Waals surface area (Å²) in [7, 11) is -1.16. The number of hydrogen-bond acceptors (Lipinski definition) is 4. The van der Waals surface area contributed by atoms with Crippen LogP contribution >= 0.6 is 0 Å². The molecule has 0 aliphatic carbocycles. The molecular formula is C13H14N2O5S. The average Bonchev–Trinajstić information content (AvgIpc) is 2.38. The molecule has 0 aliphatic rings. The Morgan fingerprint density at radius 2 is 2.10 bits per heavy atom. The standard InChI is InChI=1S/C13H14N2O5S/c1-7(6-21(2)20)15-9-5-3-4-8(13(18)19)10(9)14-11(16)12(15)17/h3-5,7H,6H2,1-2H3,(H,14,16)(H,18,19). The molecule has 0 saturated heterocycles. The molecule has 0 amide bonds. The second-order valence-electron chi connectivity index (χ2n) is 4.72. The van der Waals surface area contributed by atoms with E-state index in [-0.39, 0.29) is 16.8 Å². The van der Waals surface area contributed by atoms with E-state index >= 15 is 0 Å². The van der Waals surface area contributed by atoms with Gasteiger partial charge in [0.05, 0.1) is 16.6 Å². The summed E-state index contributed by atoms with van der Waals surface area (Å²) in [6, 6.07) is 3.90. The molecule has 2 rings (SSSR count). The summed E-state index contributed by atoms with van der Waals surface area (Å²) >= 11 is 0. The minimum Gasteiger partial charge on any atom is -0.478 e. The van der Waals surface area contributed by atoms with Crippen LogP contribution in [0.25, 0.3) is 11.0 Å². The van der Waals surface area contributed by atoms with E-state index in [9.17, 15) is 18.6 Å². The molecule has 0 spiro atoms. The predicted octanol–water partition coefficient (Wildman–Crippen LogP) is 0.327. The van der Waals surface area contributed by atoms with Crippen molar-refractivity contribution >= 4 is 27.8 Å². The number of carbonyl (C=O) groups is 1. The van der Waals surface area contributed by atoms with Gasteiger partial charge in [-0.25, -0.2) is 4.79 Å². The van der Waals surface area contributed by atoms with Crippen molar-refractivity contribution < 1.29 is 14.1 Å². The molecular weight excluding hydrogens is 296 g/mol. The van der Waals surface area contributed by atoms with Crippen LogP contribution in [0, 0.1) is 0 Å². The van der Waals surface area contributed by atoms with Crippen molar-refractivity contribution in [3.8, 4) is 0 Å². The van der Waals surface area contributed by atoms with Crippen molar-refractivity contribution in [1.29, 1.82) is 0 Å². The van der Waals surface area contributed by atoms with Crippen LogP contribution in [0.15, 0.2) is 27.8 Å². The topological polar surface area (TPSA) is 109 Å². The number of carboxylic acids is 1. The van der Waals surface area contributed by atoms with Crippen LogP contribution in [-0.4, -0.2) is 36.8 Å². The number of benzene rings is 1. The monoisotopic (exact) mass is 310 g/mol. The van der Waals surface area contributed by atoms with Crippen molar-refractivity contribution in [2.75, 3.05) is 12.0 Å². The fraction of sp³-hybridized carbons (Fsp3) is 0.308. The fourth-order valence-electron chi connectivity index (χ4n) is 2.29. The number of hydrogen-bond donors (Lipinski definition) is 2. The number of aromatic nitrogens is 2. The minimum atomic E-state index is -1.20. The first-order valence-corrected chi connectivity index (χ1v) is 7.86. The normalized spacial score (nSPS) is 14.0. The molecule has 8 heteroatoms. The lowest BCUT2D eigenvalue weighted by molar-refractivity contribution is 0.0698. The number of rotatable bonds is 4. The Balaban J connectivity index is 2.87. The Hall–Kier alpha value is -2.22. The zero-order chi connectivity index (χ0) is 15.7. The zero-order valence-electron chi connectivity index (χ0n) is 11.5. The summed E-state index contributed by atoms with van der Waals surface area (Å²) in [5.74, 6) is -1.01.